The maximum Gasteiger partial charge on any atom is 0.251 e. The first-order chi connectivity index (χ1) is 13.1. The molecule has 0 fully saturated rings. The highest BCUT2D eigenvalue weighted by Gasteiger charge is 2.04. The van der Waals surface area contributed by atoms with Crippen molar-refractivity contribution in [2.45, 2.75) is 6.42 Å². The SMILES string of the molecule is CN=C(NCCc1cccc(C(=O)NC)c1)NCCN(C)c1ccccc1.I. The summed E-state index contributed by atoms with van der Waals surface area (Å²) in [7, 11) is 5.48. The molecule has 0 aliphatic rings. The summed E-state index contributed by atoms with van der Waals surface area (Å²) in [5, 5.41) is 9.29. The molecule has 0 aliphatic heterocycles. The quantitative estimate of drug-likeness (QED) is 0.299. The average Bonchev–Trinajstić information content (AvgIpc) is 2.72. The number of nitrogens with zero attached hydrogens (tertiary/aromatic N) is 2. The van der Waals surface area contributed by atoms with Gasteiger partial charge in [0.1, 0.15) is 0 Å². The number of anilines is 1. The van der Waals surface area contributed by atoms with Gasteiger partial charge in [-0.1, -0.05) is 30.3 Å². The summed E-state index contributed by atoms with van der Waals surface area (Å²) >= 11 is 0. The van der Waals surface area contributed by atoms with Crippen molar-refractivity contribution in [3.05, 3.63) is 65.7 Å². The minimum atomic E-state index is -0.0650. The second kappa shape index (κ2) is 13.0. The number of halogens is 1. The van der Waals surface area contributed by atoms with Crippen molar-refractivity contribution in [1.82, 2.24) is 16.0 Å². The smallest absolute Gasteiger partial charge is 0.251 e. The lowest BCUT2D eigenvalue weighted by Crippen LogP contribution is -2.41. The normalized spacial score (nSPS) is 10.6. The zero-order valence-corrected chi connectivity index (χ0v) is 19.1. The van der Waals surface area contributed by atoms with Crippen LogP contribution in [0.1, 0.15) is 15.9 Å². The number of nitrogens with one attached hydrogen (secondary N) is 3. The second-order valence-corrected chi connectivity index (χ2v) is 6.21. The van der Waals surface area contributed by atoms with Crippen LogP contribution in [0.15, 0.2) is 59.6 Å². The van der Waals surface area contributed by atoms with Gasteiger partial charge in [0, 0.05) is 52.0 Å². The third kappa shape index (κ3) is 7.75. The summed E-state index contributed by atoms with van der Waals surface area (Å²) in [6.07, 6.45) is 0.815. The van der Waals surface area contributed by atoms with Crippen LogP contribution in [-0.4, -0.2) is 52.6 Å². The topological polar surface area (TPSA) is 68.8 Å². The fraction of sp³-hybridized carbons (Fsp3) is 0.333. The molecule has 0 bridgehead atoms. The van der Waals surface area contributed by atoms with Crippen molar-refractivity contribution in [2.24, 2.45) is 4.99 Å². The fourth-order valence-electron chi connectivity index (χ4n) is 2.71. The highest BCUT2D eigenvalue weighted by molar-refractivity contribution is 14.0. The largest absolute Gasteiger partial charge is 0.373 e. The van der Waals surface area contributed by atoms with Crippen LogP contribution < -0.4 is 20.9 Å². The van der Waals surface area contributed by atoms with Gasteiger partial charge in [-0.05, 0) is 36.2 Å². The zero-order valence-electron chi connectivity index (χ0n) is 16.7. The van der Waals surface area contributed by atoms with E-state index < -0.39 is 0 Å². The molecule has 0 saturated carbocycles. The highest BCUT2D eigenvalue weighted by Crippen LogP contribution is 2.09. The summed E-state index contributed by atoms with van der Waals surface area (Å²) < 4.78 is 0. The molecule has 152 valence electrons. The molecule has 0 spiro atoms. The maximum absolute atomic E-state index is 11.7. The Hall–Kier alpha value is -2.29. The molecule has 6 nitrogen and oxygen atoms in total. The summed E-state index contributed by atoms with van der Waals surface area (Å²) in [6.45, 7) is 2.40. The average molecular weight is 495 g/mol. The van der Waals surface area contributed by atoms with Crippen LogP contribution in [0.2, 0.25) is 0 Å². The number of amides is 1. The molecule has 0 aliphatic carbocycles. The van der Waals surface area contributed by atoms with E-state index in [-0.39, 0.29) is 29.9 Å². The minimum absolute atomic E-state index is 0. The molecule has 1 amide bonds. The van der Waals surface area contributed by atoms with E-state index in [0.717, 1.165) is 37.6 Å². The van der Waals surface area contributed by atoms with Crippen LogP contribution in [0, 0.1) is 0 Å². The molecule has 0 saturated heterocycles. The third-order valence-corrected chi connectivity index (χ3v) is 4.28. The van der Waals surface area contributed by atoms with Crippen molar-refractivity contribution in [1.29, 1.82) is 0 Å². The predicted octanol–water partition coefficient (Wildman–Crippen LogP) is 2.51. The van der Waals surface area contributed by atoms with Crippen LogP contribution in [0.3, 0.4) is 0 Å². The Morgan fingerprint density at radius 2 is 1.75 bits per heavy atom. The van der Waals surface area contributed by atoms with E-state index in [0.29, 0.717) is 5.56 Å². The molecule has 2 rings (SSSR count). The molecular formula is C21H30IN5O. The fourth-order valence-corrected chi connectivity index (χ4v) is 2.71. The van der Waals surface area contributed by atoms with E-state index in [9.17, 15) is 4.79 Å². The van der Waals surface area contributed by atoms with Gasteiger partial charge in [0.2, 0.25) is 0 Å². The number of guanidine groups is 1. The molecule has 0 atom stereocenters. The summed E-state index contributed by atoms with van der Waals surface area (Å²) in [4.78, 5) is 18.2. The summed E-state index contributed by atoms with van der Waals surface area (Å²) in [5.41, 5.74) is 2.99. The number of hydrogen-bond donors (Lipinski definition) is 3. The zero-order chi connectivity index (χ0) is 19.5. The van der Waals surface area contributed by atoms with Gasteiger partial charge in [-0.15, -0.1) is 24.0 Å². The predicted molar refractivity (Wildman–Crippen MR) is 128 cm³/mol. The monoisotopic (exact) mass is 495 g/mol. The molecule has 2 aromatic rings. The number of aliphatic imine (C=N–C) groups is 1. The Labute approximate surface area is 184 Å². The van der Waals surface area contributed by atoms with Gasteiger partial charge in [-0.25, -0.2) is 0 Å². The standard InChI is InChI=1S/C21H29N5O.HI/c1-22-20(27)18-9-7-8-17(16-18)12-13-24-21(23-2)25-14-15-26(3)19-10-5-4-6-11-19;/h4-11,16H,12-15H2,1-3H3,(H,22,27)(H2,23,24,25);1H. The first kappa shape index (κ1) is 23.7. The molecule has 2 aromatic carbocycles. The highest BCUT2D eigenvalue weighted by atomic mass is 127. The van der Waals surface area contributed by atoms with Crippen LogP contribution in [0.5, 0.6) is 0 Å². The van der Waals surface area contributed by atoms with Crippen LogP contribution in [0.25, 0.3) is 0 Å². The van der Waals surface area contributed by atoms with E-state index >= 15 is 0 Å². The van der Waals surface area contributed by atoms with Crippen molar-refractivity contribution in [3.8, 4) is 0 Å². The van der Waals surface area contributed by atoms with Crippen LogP contribution in [0.4, 0.5) is 5.69 Å². The van der Waals surface area contributed by atoms with E-state index in [4.69, 9.17) is 0 Å². The summed E-state index contributed by atoms with van der Waals surface area (Å²) in [6, 6.07) is 18.0. The molecule has 0 aromatic heterocycles. The molecule has 0 heterocycles. The minimum Gasteiger partial charge on any atom is -0.373 e. The van der Waals surface area contributed by atoms with Gasteiger partial charge >= 0.3 is 0 Å². The Balaban J connectivity index is 0.00000392. The van der Waals surface area contributed by atoms with Crippen molar-refractivity contribution in [2.75, 3.05) is 45.7 Å². The number of rotatable bonds is 8. The van der Waals surface area contributed by atoms with E-state index in [1.807, 2.05) is 42.5 Å². The number of likely N-dealkylation sites (N-methyl/N-ethyl adjacent to an activating group) is 1. The van der Waals surface area contributed by atoms with Gasteiger partial charge < -0.3 is 20.9 Å². The molecular weight excluding hydrogens is 465 g/mol. The first-order valence-electron chi connectivity index (χ1n) is 9.15. The lowest BCUT2D eigenvalue weighted by Gasteiger charge is -2.20. The molecule has 3 N–H and O–H groups in total. The Bertz CT molecular complexity index is 751. The van der Waals surface area contributed by atoms with Gasteiger partial charge in [-0.2, -0.15) is 0 Å². The molecule has 0 radical (unpaired) electrons. The molecule has 7 heteroatoms. The number of hydrogen-bond acceptors (Lipinski definition) is 3. The maximum atomic E-state index is 11.7. The number of benzene rings is 2. The first-order valence-corrected chi connectivity index (χ1v) is 9.15. The Morgan fingerprint density at radius 1 is 1.04 bits per heavy atom. The van der Waals surface area contributed by atoms with Gasteiger partial charge in [-0.3, -0.25) is 9.79 Å². The summed E-state index contributed by atoms with van der Waals surface area (Å²) in [5.74, 6) is 0.712. The molecule has 28 heavy (non-hydrogen) atoms. The van der Waals surface area contributed by atoms with Crippen molar-refractivity contribution < 1.29 is 4.79 Å². The number of carbonyl (C=O) groups excluding carboxylic acids is 1. The van der Waals surface area contributed by atoms with Gasteiger partial charge in [0.25, 0.3) is 5.91 Å². The second-order valence-electron chi connectivity index (χ2n) is 6.21. The van der Waals surface area contributed by atoms with E-state index in [1.165, 1.54) is 5.69 Å². The van der Waals surface area contributed by atoms with Crippen LogP contribution in [-0.2, 0) is 6.42 Å². The Morgan fingerprint density at radius 3 is 2.43 bits per heavy atom. The van der Waals surface area contributed by atoms with Crippen LogP contribution >= 0.6 is 24.0 Å². The lowest BCUT2D eigenvalue weighted by atomic mass is 10.1. The van der Waals surface area contributed by atoms with E-state index in [2.05, 4.69) is 45.0 Å². The van der Waals surface area contributed by atoms with E-state index in [1.54, 1.807) is 14.1 Å². The van der Waals surface area contributed by atoms with Crippen molar-refractivity contribution >= 4 is 41.5 Å². The van der Waals surface area contributed by atoms with Crippen molar-refractivity contribution in [3.63, 3.8) is 0 Å². The Kier molecular flexibility index (Phi) is 11.0. The number of para-hydroxylation sites is 1. The molecule has 0 unspecified atom stereocenters. The third-order valence-electron chi connectivity index (χ3n) is 4.28. The van der Waals surface area contributed by atoms with Gasteiger partial charge in [0.15, 0.2) is 5.96 Å². The number of carbonyl (C=O) groups is 1. The van der Waals surface area contributed by atoms with Gasteiger partial charge in [0.05, 0.1) is 0 Å². The lowest BCUT2D eigenvalue weighted by molar-refractivity contribution is 0.0963.